The van der Waals surface area contributed by atoms with Crippen molar-refractivity contribution in [1.29, 1.82) is 0 Å². The third-order valence-electron chi connectivity index (χ3n) is 2.43. The molecule has 0 saturated heterocycles. The van der Waals surface area contributed by atoms with Gasteiger partial charge in [0.15, 0.2) is 0 Å². The molecule has 0 aliphatic carbocycles. The van der Waals surface area contributed by atoms with E-state index in [1.807, 2.05) is 20.8 Å². The molecule has 0 spiro atoms. The van der Waals surface area contributed by atoms with Gasteiger partial charge < -0.3 is 10.4 Å². The standard InChI is InChI=1S/C11H18ClN3O2/c1-4-8(16)5-13-9-6-14-15(7(2)3)11(17)10(9)12/h6-8,13,16H,4-5H2,1-3H3. The number of hydrogen-bond acceptors (Lipinski definition) is 4. The number of rotatable bonds is 5. The minimum Gasteiger partial charge on any atom is -0.391 e. The summed E-state index contributed by atoms with van der Waals surface area (Å²) in [7, 11) is 0. The summed E-state index contributed by atoms with van der Waals surface area (Å²) in [5.41, 5.74) is 0.138. The SMILES string of the molecule is CCC(O)CNc1cnn(C(C)C)c(=O)c1Cl. The van der Waals surface area contributed by atoms with Gasteiger partial charge >= 0.3 is 0 Å². The molecule has 1 unspecified atom stereocenters. The lowest BCUT2D eigenvalue weighted by atomic mass is 10.3. The third kappa shape index (κ3) is 3.44. The van der Waals surface area contributed by atoms with Gasteiger partial charge in [-0.3, -0.25) is 4.79 Å². The minimum absolute atomic E-state index is 0.0321. The Morgan fingerprint density at radius 2 is 2.24 bits per heavy atom. The van der Waals surface area contributed by atoms with Gasteiger partial charge in [0.25, 0.3) is 5.56 Å². The average Bonchev–Trinajstić information content (AvgIpc) is 2.30. The molecule has 96 valence electrons. The van der Waals surface area contributed by atoms with Crippen LogP contribution in [0.4, 0.5) is 5.69 Å². The first-order valence-electron chi connectivity index (χ1n) is 5.66. The molecule has 1 atom stereocenters. The molecule has 0 radical (unpaired) electrons. The molecular weight excluding hydrogens is 242 g/mol. The molecule has 0 amide bonds. The predicted molar refractivity (Wildman–Crippen MR) is 68.7 cm³/mol. The normalized spacial score (nSPS) is 12.8. The Morgan fingerprint density at radius 3 is 2.76 bits per heavy atom. The maximum Gasteiger partial charge on any atom is 0.287 e. The second kappa shape index (κ2) is 6.02. The van der Waals surface area contributed by atoms with Gasteiger partial charge in [0.2, 0.25) is 0 Å². The van der Waals surface area contributed by atoms with Crippen LogP contribution >= 0.6 is 11.6 Å². The summed E-state index contributed by atoms with van der Waals surface area (Å²) in [6, 6.07) is -0.0321. The van der Waals surface area contributed by atoms with E-state index < -0.39 is 6.10 Å². The van der Waals surface area contributed by atoms with Gasteiger partial charge in [-0.1, -0.05) is 18.5 Å². The largest absolute Gasteiger partial charge is 0.391 e. The number of aliphatic hydroxyl groups is 1. The zero-order chi connectivity index (χ0) is 13.0. The topological polar surface area (TPSA) is 67.2 Å². The predicted octanol–water partition coefficient (Wildman–Crippen LogP) is 1.66. The van der Waals surface area contributed by atoms with Crippen molar-refractivity contribution in [1.82, 2.24) is 9.78 Å². The van der Waals surface area contributed by atoms with E-state index in [0.29, 0.717) is 18.7 Å². The molecule has 0 aromatic carbocycles. The number of hydrogen-bond donors (Lipinski definition) is 2. The summed E-state index contributed by atoms with van der Waals surface area (Å²) >= 11 is 5.95. The van der Waals surface area contributed by atoms with Crippen molar-refractivity contribution >= 4 is 17.3 Å². The highest BCUT2D eigenvalue weighted by molar-refractivity contribution is 6.32. The van der Waals surface area contributed by atoms with Crippen LogP contribution in [0.25, 0.3) is 0 Å². The van der Waals surface area contributed by atoms with E-state index in [0.717, 1.165) is 0 Å². The number of anilines is 1. The highest BCUT2D eigenvalue weighted by Gasteiger charge is 2.11. The number of aliphatic hydroxyl groups excluding tert-OH is 1. The van der Waals surface area contributed by atoms with E-state index in [-0.39, 0.29) is 16.6 Å². The lowest BCUT2D eigenvalue weighted by molar-refractivity contribution is 0.183. The summed E-state index contributed by atoms with van der Waals surface area (Å²) in [5, 5.41) is 16.5. The molecule has 6 heteroatoms. The average molecular weight is 260 g/mol. The van der Waals surface area contributed by atoms with Crippen LogP contribution in [0.1, 0.15) is 33.2 Å². The first kappa shape index (κ1) is 14.0. The summed E-state index contributed by atoms with van der Waals surface area (Å²) < 4.78 is 1.32. The second-order valence-electron chi connectivity index (χ2n) is 4.16. The molecular formula is C11H18ClN3O2. The van der Waals surface area contributed by atoms with Gasteiger partial charge in [0.1, 0.15) is 5.02 Å². The molecule has 1 aromatic heterocycles. The van der Waals surface area contributed by atoms with Gasteiger partial charge in [-0.05, 0) is 20.3 Å². The molecule has 0 bridgehead atoms. The van der Waals surface area contributed by atoms with Crippen molar-refractivity contribution in [2.75, 3.05) is 11.9 Å². The van der Waals surface area contributed by atoms with E-state index >= 15 is 0 Å². The fourth-order valence-corrected chi connectivity index (χ4v) is 1.51. The zero-order valence-electron chi connectivity index (χ0n) is 10.3. The van der Waals surface area contributed by atoms with E-state index in [9.17, 15) is 9.90 Å². The Balaban J connectivity index is 2.90. The number of aromatic nitrogens is 2. The van der Waals surface area contributed by atoms with Crippen molar-refractivity contribution in [2.45, 2.75) is 39.3 Å². The van der Waals surface area contributed by atoms with Crippen LogP contribution < -0.4 is 10.9 Å². The molecule has 2 N–H and O–H groups in total. The van der Waals surface area contributed by atoms with Crippen LogP contribution in [-0.2, 0) is 0 Å². The van der Waals surface area contributed by atoms with Gasteiger partial charge in [-0.15, -0.1) is 0 Å². The van der Waals surface area contributed by atoms with Crippen LogP contribution in [0.3, 0.4) is 0 Å². The first-order valence-corrected chi connectivity index (χ1v) is 6.04. The molecule has 1 heterocycles. The highest BCUT2D eigenvalue weighted by atomic mass is 35.5. The lowest BCUT2D eigenvalue weighted by Crippen LogP contribution is -2.27. The molecule has 1 rings (SSSR count). The van der Waals surface area contributed by atoms with Crippen molar-refractivity contribution in [3.05, 3.63) is 21.6 Å². The van der Waals surface area contributed by atoms with E-state index in [1.54, 1.807) is 0 Å². The Labute approximate surface area is 105 Å². The third-order valence-corrected chi connectivity index (χ3v) is 2.80. The number of halogens is 1. The molecule has 0 saturated carbocycles. The molecule has 17 heavy (non-hydrogen) atoms. The summed E-state index contributed by atoms with van der Waals surface area (Å²) in [5.74, 6) is 0. The summed E-state index contributed by atoms with van der Waals surface area (Å²) in [6.07, 6.45) is 1.69. The summed E-state index contributed by atoms with van der Waals surface area (Å²) in [4.78, 5) is 11.8. The summed E-state index contributed by atoms with van der Waals surface area (Å²) in [6.45, 7) is 5.95. The zero-order valence-corrected chi connectivity index (χ0v) is 11.0. The molecule has 0 aliphatic heterocycles. The van der Waals surface area contributed by atoms with Crippen LogP contribution in [0.2, 0.25) is 5.02 Å². The molecule has 1 aromatic rings. The fourth-order valence-electron chi connectivity index (χ4n) is 1.31. The van der Waals surface area contributed by atoms with Gasteiger partial charge in [-0.2, -0.15) is 5.10 Å². The van der Waals surface area contributed by atoms with Crippen LogP contribution in [0.15, 0.2) is 11.0 Å². The quantitative estimate of drug-likeness (QED) is 0.844. The van der Waals surface area contributed by atoms with E-state index in [1.165, 1.54) is 10.9 Å². The number of nitrogens with zero attached hydrogens (tertiary/aromatic N) is 2. The molecule has 0 fully saturated rings. The van der Waals surface area contributed by atoms with Crippen LogP contribution in [0.5, 0.6) is 0 Å². The Morgan fingerprint density at radius 1 is 1.59 bits per heavy atom. The van der Waals surface area contributed by atoms with E-state index in [4.69, 9.17) is 11.6 Å². The van der Waals surface area contributed by atoms with Crippen molar-refractivity contribution in [3.63, 3.8) is 0 Å². The first-order chi connectivity index (χ1) is 7.97. The monoisotopic (exact) mass is 259 g/mol. The minimum atomic E-state index is -0.460. The second-order valence-corrected chi connectivity index (χ2v) is 4.54. The maximum absolute atomic E-state index is 11.8. The van der Waals surface area contributed by atoms with Gasteiger partial charge in [0, 0.05) is 6.54 Å². The number of nitrogens with one attached hydrogen (secondary N) is 1. The van der Waals surface area contributed by atoms with E-state index in [2.05, 4.69) is 10.4 Å². The lowest BCUT2D eigenvalue weighted by Gasteiger charge is -2.13. The molecule has 0 aliphatic rings. The maximum atomic E-state index is 11.8. The highest BCUT2D eigenvalue weighted by Crippen LogP contribution is 2.16. The Hall–Kier alpha value is -1.07. The van der Waals surface area contributed by atoms with Crippen LogP contribution in [-0.4, -0.2) is 27.5 Å². The van der Waals surface area contributed by atoms with Crippen molar-refractivity contribution < 1.29 is 5.11 Å². The fraction of sp³-hybridized carbons (Fsp3) is 0.636. The van der Waals surface area contributed by atoms with Gasteiger partial charge in [-0.25, -0.2) is 4.68 Å². The van der Waals surface area contributed by atoms with Gasteiger partial charge in [0.05, 0.1) is 24.0 Å². The van der Waals surface area contributed by atoms with Crippen molar-refractivity contribution in [3.8, 4) is 0 Å². The molecule has 5 nitrogen and oxygen atoms in total. The Bertz CT molecular complexity index is 431. The Kier molecular flexibility index (Phi) is 4.96. The smallest absolute Gasteiger partial charge is 0.287 e. The van der Waals surface area contributed by atoms with Crippen LogP contribution in [0, 0.1) is 0 Å². The van der Waals surface area contributed by atoms with Crippen molar-refractivity contribution in [2.24, 2.45) is 0 Å².